The summed E-state index contributed by atoms with van der Waals surface area (Å²) in [5, 5.41) is 21.8. The fourth-order valence-corrected chi connectivity index (χ4v) is 4.19. The van der Waals surface area contributed by atoms with Crippen LogP contribution in [0.4, 0.5) is 0 Å². The van der Waals surface area contributed by atoms with E-state index < -0.39 is 33.7 Å². The second-order valence-corrected chi connectivity index (χ2v) is 9.20. The molecule has 28 heavy (non-hydrogen) atoms. The molecule has 0 aromatic carbocycles. The third-order valence-corrected chi connectivity index (χ3v) is 6.10. The van der Waals surface area contributed by atoms with Crippen LogP contribution in [-0.4, -0.2) is 92.8 Å². The predicted molar refractivity (Wildman–Crippen MR) is 101 cm³/mol. The minimum atomic E-state index is -3.97. The summed E-state index contributed by atoms with van der Waals surface area (Å²) in [5.74, 6) is -2.01. The van der Waals surface area contributed by atoms with Gasteiger partial charge in [-0.25, -0.2) is 4.79 Å². The van der Waals surface area contributed by atoms with Crippen LogP contribution in [0.2, 0.25) is 0 Å². The standard InChI is InChI=1S/C17H32N2O8S/c1-13(20)18-6-4-12-28(24,25)27-14(17(2,3)15(21)16(22)23)5-7-19-8-10-26-11-9-19/h14-15,21H,4-12H2,1-3H3,(H,18,20)(H,22,23)/t14?,15-/m0/s1. The molecule has 0 bridgehead atoms. The van der Waals surface area contributed by atoms with Gasteiger partial charge in [-0.3, -0.25) is 13.9 Å². The van der Waals surface area contributed by atoms with Crippen molar-refractivity contribution in [1.82, 2.24) is 10.2 Å². The summed E-state index contributed by atoms with van der Waals surface area (Å²) >= 11 is 0. The Kier molecular flexibility index (Phi) is 9.78. The van der Waals surface area contributed by atoms with Gasteiger partial charge >= 0.3 is 5.97 Å². The molecule has 1 amide bonds. The van der Waals surface area contributed by atoms with Gasteiger partial charge < -0.3 is 20.3 Å². The number of aliphatic hydroxyl groups excluding tert-OH is 1. The lowest BCUT2D eigenvalue weighted by atomic mass is 9.79. The normalized spacial score (nSPS) is 18.4. The van der Waals surface area contributed by atoms with Crippen molar-refractivity contribution in [2.24, 2.45) is 5.41 Å². The number of carbonyl (C=O) groups is 2. The van der Waals surface area contributed by atoms with E-state index in [9.17, 15) is 28.2 Å². The van der Waals surface area contributed by atoms with Gasteiger partial charge in [0.1, 0.15) is 0 Å². The van der Waals surface area contributed by atoms with E-state index in [0.717, 1.165) is 0 Å². The predicted octanol–water partition coefficient (Wildman–Crippen LogP) is -0.578. The molecular weight excluding hydrogens is 392 g/mol. The molecule has 0 spiro atoms. The topological polar surface area (TPSA) is 142 Å². The van der Waals surface area contributed by atoms with Gasteiger partial charge in [-0.15, -0.1) is 0 Å². The Morgan fingerprint density at radius 1 is 1.29 bits per heavy atom. The highest BCUT2D eigenvalue weighted by molar-refractivity contribution is 7.86. The van der Waals surface area contributed by atoms with E-state index >= 15 is 0 Å². The first-order valence-electron chi connectivity index (χ1n) is 9.32. The number of morpholine rings is 1. The monoisotopic (exact) mass is 424 g/mol. The van der Waals surface area contributed by atoms with Crippen LogP contribution in [0.25, 0.3) is 0 Å². The third kappa shape index (κ3) is 8.39. The van der Waals surface area contributed by atoms with E-state index in [1.165, 1.54) is 20.8 Å². The second-order valence-electron chi connectivity index (χ2n) is 7.49. The van der Waals surface area contributed by atoms with Gasteiger partial charge in [0, 0.05) is 38.5 Å². The maximum Gasteiger partial charge on any atom is 0.333 e. The van der Waals surface area contributed by atoms with E-state index in [-0.39, 0.29) is 31.0 Å². The molecule has 0 saturated carbocycles. The van der Waals surface area contributed by atoms with Crippen LogP contribution in [0, 0.1) is 5.41 Å². The molecule has 1 unspecified atom stereocenters. The van der Waals surface area contributed by atoms with Gasteiger partial charge in [0.15, 0.2) is 6.10 Å². The van der Waals surface area contributed by atoms with Crippen LogP contribution < -0.4 is 5.32 Å². The lowest BCUT2D eigenvalue weighted by Gasteiger charge is -2.37. The van der Waals surface area contributed by atoms with Gasteiger partial charge in [-0.05, 0) is 12.8 Å². The van der Waals surface area contributed by atoms with Gasteiger partial charge in [0.05, 0.1) is 25.1 Å². The number of carboxylic acids is 1. The van der Waals surface area contributed by atoms with Crippen LogP contribution in [0.1, 0.15) is 33.6 Å². The number of amides is 1. The molecule has 0 radical (unpaired) electrons. The van der Waals surface area contributed by atoms with E-state index in [1.54, 1.807) is 0 Å². The van der Waals surface area contributed by atoms with E-state index in [2.05, 4.69) is 10.2 Å². The smallest absolute Gasteiger partial charge is 0.333 e. The molecule has 3 N–H and O–H groups in total. The van der Waals surface area contributed by atoms with Crippen molar-refractivity contribution in [2.75, 3.05) is 45.1 Å². The lowest BCUT2D eigenvalue weighted by molar-refractivity contribution is -0.158. The number of carboxylic acid groups (broad SMARTS) is 1. The minimum Gasteiger partial charge on any atom is -0.479 e. The van der Waals surface area contributed by atoms with Gasteiger partial charge in [-0.2, -0.15) is 8.42 Å². The Labute approximate surface area is 166 Å². The molecule has 1 fully saturated rings. The highest BCUT2D eigenvalue weighted by atomic mass is 32.2. The number of aliphatic hydroxyl groups is 1. The summed E-state index contributed by atoms with van der Waals surface area (Å²) in [4.78, 5) is 24.2. The molecule has 2 atom stereocenters. The number of ether oxygens (including phenoxy) is 1. The number of hydrogen-bond acceptors (Lipinski definition) is 8. The fraction of sp³-hybridized carbons (Fsp3) is 0.882. The largest absolute Gasteiger partial charge is 0.479 e. The lowest BCUT2D eigenvalue weighted by Crippen LogP contribution is -2.48. The molecule has 1 aliphatic rings. The first kappa shape index (κ1) is 24.8. The van der Waals surface area contributed by atoms with Crippen molar-refractivity contribution >= 4 is 22.0 Å². The van der Waals surface area contributed by atoms with Crippen LogP contribution in [0.5, 0.6) is 0 Å². The summed E-state index contributed by atoms with van der Waals surface area (Å²) in [6, 6.07) is 0. The highest BCUT2D eigenvalue weighted by Gasteiger charge is 2.43. The third-order valence-electron chi connectivity index (χ3n) is 4.79. The maximum atomic E-state index is 12.4. The molecule has 1 heterocycles. The Morgan fingerprint density at radius 2 is 1.89 bits per heavy atom. The maximum absolute atomic E-state index is 12.4. The molecule has 0 aromatic heterocycles. The molecule has 10 nitrogen and oxygen atoms in total. The molecule has 0 aliphatic carbocycles. The molecule has 1 saturated heterocycles. The Hall–Kier alpha value is -1.27. The number of nitrogens with one attached hydrogen (secondary N) is 1. The molecule has 0 aromatic rings. The van der Waals surface area contributed by atoms with Crippen molar-refractivity contribution in [3.8, 4) is 0 Å². The Balaban J connectivity index is 2.80. The van der Waals surface area contributed by atoms with Crippen molar-refractivity contribution < 1.29 is 37.1 Å². The SMILES string of the molecule is CC(=O)NCCCS(=O)(=O)OC(CCN1CCOCC1)C(C)(C)[C@@H](O)C(=O)O. The second kappa shape index (κ2) is 11.1. The Morgan fingerprint density at radius 3 is 2.43 bits per heavy atom. The fourth-order valence-electron chi connectivity index (χ4n) is 2.90. The zero-order valence-corrected chi connectivity index (χ0v) is 17.5. The van der Waals surface area contributed by atoms with Crippen LogP contribution in [0.15, 0.2) is 0 Å². The molecular formula is C17H32N2O8S. The summed E-state index contributed by atoms with van der Waals surface area (Å²) in [7, 11) is -3.97. The average Bonchev–Trinajstić information content (AvgIpc) is 2.62. The summed E-state index contributed by atoms with van der Waals surface area (Å²) in [6.07, 6.45) is -2.40. The number of carbonyl (C=O) groups excluding carboxylic acids is 1. The molecule has 11 heteroatoms. The number of hydrogen-bond donors (Lipinski definition) is 3. The van der Waals surface area contributed by atoms with Gasteiger partial charge in [-0.1, -0.05) is 13.8 Å². The first-order chi connectivity index (χ1) is 13.0. The van der Waals surface area contributed by atoms with Crippen LogP contribution >= 0.6 is 0 Å². The van der Waals surface area contributed by atoms with Crippen LogP contribution in [0.3, 0.4) is 0 Å². The molecule has 164 valence electrons. The van der Waals surface area contributed by atoms with Gasteiger partial charge in [0.2, 0.25) is 5.91 Å². The average molecular weight is 425 g/mol. The zero-order valence-electron chi connectivity index (χ0n) is 16.7. The number of aliphatic carboxylic acids is 1. The van der Waals surface area contributed by atoms with Gasteiger partial charge in [0.25, 0.3) is 10.1 Å². The Bertz CT molecular complexity index is 617. The molecule has 1 rings (SSSR count). The zero-order chi connectivity index (χ0) is 21.4. The van der Waals surface area contributed by atoms with E-state index in [1.807, 2.05) is 0 Å². The summed E-state index contributed by atoms with van der Waals surface area (Å²) in [5.41, 5.74) is -1.33. The summed E-state index contributed by atoms with van der Waals surface area (Å²) < 4.78 is 35.4. The van der Waals surface area contributed by atoms with E-state index in [0.29, 0.717) is 32.8 Å². The number of rotatable bonds is 12. The van der Waals surface area contributed by atoms with Crippen molar-refractivity contribution in [3.05, 3.63) is 0 Å². The van der Waals surface area contributed by atoms with Crippen molar-refractivity contribution in [1.29, 1.82) is 0 Å². The van der Waals surface area contributed by atoms with Crippen molar-refractivity contribution in [2.45, 2.75) is 45.8 Å². The van der Waals surface area contributed by atoms with Crippen LogP contribution in [-0.2, 0) is 28.6 Å². The highest BCUT2D eigenvalue weighted by Crippen LogP contribution is 2.32. The van der Waals surface area contributed by atoms with E-state index in [4.69, 9.17) is 8.92 Å². The molecule has 1 aliphatic heterocycles. The minimum absolute atomic E-state index is 0.167. The quantitative estimate of drug-likeness (QED) is 0.277. The number of nitrogens with zero attached hydrogens (tertiary/aromatic N) is 1. The first-order valence-corrected chi connectivity index (χ1v) is 10.9. The van der Waals surface area contributed by atoms with Crippen molar-refractivity contribution in [3.63, 3.8) is 0 Å². The summed E-state index contributed by atoms with van der Waals surface area (Å²) in [6.45, 7) is 7.51.